The van der Waals surface area contributed by atoms with Crippen LogP contribution in [0, 0.1) is 6.92 Å². The van der Waals surface area contributed by atoms with Gasteiger partial charge in [-0.05, 0) is 42.8 Å². The molecule has 0 spiro atoms. The highest BCUT2D eigenvalue weighted by Crippen LogP contribution is 2.30. The predicted octanol–water partition coefficient (Wildman–Crippen LogP) is 2.62. The summed E-state index contributed by atoms with van der Waals surface area (Å²) in [6, 6.07) is 9.78. The van der Waals surface area contributed by atoms with E-state index in [1.165, 1.54) is 12.1 Å². The Morgan fingerprint density at radius 2 is 1.80 bits per heavy atom. The van der Waals surface area contributed by atoms with Crippen LogP contribution in [0.2, 0.25) is 5.02 Å². The molecule has 0 aliphatic carbocycles. The molecule has 5 nitrogen and oxygen atoms in total. The third kappa shape index (κ3) is 3.22. The number of nitrogens with one attached hydrogen (secondary N) is 1. The van der Waals surface area contributed by atoms with Crippen molar-refractivity contribution >= 4 is 38.7 Å². The van der Waals surface area contributed by atoms with Gasteiger partial charge in [-0.15, -0.1) is 0 Å². The molecule has 0 heterocycles. The Bertz CT molecular complexity index is 760. The second kappa shape index (κ2) is 5.32. The molecular formula is C13H14ClN3O2S. The number of benzene rings is 2. The van der Waals surface area contributed by atoms with Crippen molar-refractivity contribution in [2.45, 2.75) is 11.8 Å². The molecule has 0 aliphatic heterocycles. The van der Waals surface area contributed by atoms with Crippen molar-refractivity contribution in [2.24, 2.45) is 5.14 Å². The average molecular weight is 312 g/mol. The standard InChI is InChI=1S/C13H14ClN3O2S/c1-8-2-4-10(14)13(6-8)17-12-5-3-9(7-11(12)15)20(16,18)19/h2-7,17H,15H2,1H3,(H2,16,18,19). The van der Waals surface area contributed by atoms with E-state index in [4.69, 9.17) is 22.5 Å². The van der Waals surface area contributed by atoms with Crippen LogP contribution in [0.25, 0.3) is 0 Å². The lowest BCUT2D eigenvalue weighted by Crippen LogP contribution is -2.12. The number of aryl methyl sites for hydroxylation is 1. The van der Waals surface area contributed by atoms with E-state index in [0.29, 0.717) is 16.4 Å². The van der Waals surface area contributed by atoms with Crippen LogP contribution in [0.3, 0.4) is 0 Å². The minimum atomic E-state index is -3.76. The highest BCUT2D eigenvalue weighted by atomic mass is 35.5. The SMILES string of the molecule is Cc1ccc(Cl)c(Nc2ccc(S(N)(=O)=O)cc2N)c1. The van der Waals surface area contributed by atoms with Gasteiger partial charge in [-0.1, -0.05) is 17.7 Å². The zero-order valence-corrected chi connectivity index (χ0v) is 12.3. The summed E-state index contributed by atoms with van der Waals surface area (Å²) < 4.78 is 22.5. The minimum absolute atomic E-state index is 0.0316. The topological polar surface area (TPSA) is 98.2 Å². The van der Waals surface area contributed by atoms with Crippen LogP contribution in [-0.4, -0.2) is 8.42 Å². The van der Waals surface area contributed by atoms with Gasteiger partial charge in [0.2, 0.25) is 10.0 Å². The van der Waals surface area contributed by atoms with E-state index in [1.54, 1.807) is 12.1 Å². The number of anilines is 3. The van der Waals surface area contributed by atoms with Gasteiger partial charge in [0.05, 0.1) is 27.0 Å². The summed E-state index contributed by atoms with van der Waals surface area (Å²) in [5, 5.41) is 8.66. The van der Waals surface area contributed by atoms with Gasteiger partial charge in [-0.2, -0.15) is 0 Å². The van der Waals surface area contributed by atoms with Gasteiger partial charge >= 0.3 is 0 Å². The van der Waals surface area contributed by atoms with Crippen LogP contribution >= 0.6 is 11.6 Å². The molecule has 5 N–H and O–H groups in total. The number of primary sulfonamides is 1. The predicted molar refractivity (Wildman–Crippen MR) is 81.7 cm³/mol. The molecule has 106 valence electrons. The first-order valence-corrected chi connectivity index (χ1v) is 7.65. The lowest BCUT2D eigenvalue weighted by molar-refractivity contribution is 0.598. The number of nitrogens with two attached hydrogens (primary N) is 2. The maximum atomic E-state index is 11.2. The molecule has 2 rings (SSSR count). The third-order valence-corrected chi connectivity index (χ3v) is 3.98. The normalized spacial score (nSPS) is 11.3. The molecule has 0 bridgehead atoms. The zero-order valence-electron chi connectivity index (χ0n) is 10.7. The van der Waals surface area contributed by atoms with Crippen LogP contribution in [0.15, 0.2) is 41.3 Å². The maximum absolute atomic E-state index is 11.2. The van der Waals surface area contributed by atoms with Crippen molar-refractivity contribution in [3.63, 3.8) is 0 Å². The number of hydrogen-bond donors (Lipinski definition) is 3. The van der Waals surface area contributed by atoms with Gasteiger partial charge in [0, 0.05) is 0 Å². The van der Waals surface area contributed by atoms with Crippen molar-refractivity contribution in [1.29, 1.82) is 0 Å². The van der Waals surface area contributed by atoms with Gasteiger partial charge in [-0.3, -0.25) is 0 Å². The molecule has 2 aromatic rings. The van der Waals surface area contributed by atoms with Crippen LogP contribution in [0.1, 0.15) is 5.56 Å². The molecule has 0 unspecified atom stereocenters. The highest BCUT2D eigenvalue weighted by molar-refractivity contribution is 7.89. The first-order valence-electron chi connectivity index (χ1n) is 5.73. The Kier molecular flexibility index (Phi) is 3.89. The Balaban J connectivity index is 2.38. The fourth-order valence-electron chi connectivity index (χ4n) is 1.71. The first kappa shape index (κ1) is 14.6. The van der Waals surface area contributed by atoms with E-state index < -0.39 is 10.0 Å². The van der Waals surface area contributed by atoms with Gasteiger partial charge in [0.25, 0.3) is 0 Å². The third-order valence-electron chi connectivity index (χ3n) is 2.74. The lowest BCUT2D eigenvalue weighted by atomic mass is 10.2. The molecule has 0 saturated heterocycles. The summed E-state index contributed by atoms with van der Waals surface area (Å²) in [4.78, 5) is -0.0316. The fraction of sp³-hybridized carbons (Fsp3) is 0.0769. The van der Waals surface area contributed by atoms with Crippen molar-refractivity contribution in [3.05, 3.63) is 47.0 Å². The molecule has 7 heteroatoms. The Hall–Kier alpha value is -1.76. The van der Waals surface area contributed by atoms with Crippen molar-refractivity contribution in [1.82, 2.24) is 0 Å². The van der Waals surface area contributed by atoms with Crippen LogP contribution in [-0.2, 0) is 10.0 Å². The second-order valence-electron chi connectivity index (χ2n) is 4.40. The molecule has 0 aromatic heterocycles. The number of sulfonamides is 1. The molecule has 20 heavy (non-hydrogen) atoms. The number of hydrogen-bond acceptors (Lipinski definition) is 4. The molecular weight excluding hydrogens is 298 g/mol. The quantitative estimate of drug-likeness (QED) is 0.759. The fourth-order valence-corrected chi connectivity index (χ4v) is 2.43. The summed E-state index contributed by atoms with van der Waals surface area (Å²) in [7, 11) is -3.76. The first-order chi connectivity index (χ1) is 9.27. The van der Waals surface area contributed by atoms with E-state index in [9.17, 15) is 8.42 Å². The summed E-state index contributed by atoms with van der Waals surface area (Å²) >= 11 is 6.08. The number of rotatable bonds is 3. The lowest BCUT2D eigenvalue weighted by Gasteiger charge is -2.12. The molecule has 0 amide bonds. The Morgan fingerprint density at radius 3 is 2.40 bits per heavy atom. The molecule has 0 fully saturated rings. The summed E-state index contributed by atoms with van der Waals surface area (Å²) in [5.74, 6) is 0. The van der Waals surface area contributed by atoms with Crippen LogP contribution in [0.5, 0.6) is 0 Å². The van der Waals surface area contributed by atoms with Crippen molar-refractivity contribution < 1.29 is 8.42 Å². The zero-order chi connectivity index (χ0) is 14.9. The van der Waals surface area contributed by atoms with E-state index >= 15 is 0 Å². The summed E-state index contributed by atoms with van der Waals surface area (Å²) in [5.41, 5.74) is 8.40. The molecule has 0 atom stereocenters. The van der Waals surface area contributed by atoms with Gasteiger partial charge in [0.1, 0.15) is 0 Å². The van der Waals surface area contributed by atoms with Gasteiger partial charge < -0.3 is 11.1 Å². The van der Waals surface area contributed by atoms with Gasteiger partial charge in [0.15, 0.2) is 0 Å². The minimum Gasteiger partial charge on any atom is -0.397 e. The molecule has 2 aromatic carbocycles. The van der Waals surface area contributed by atoms with Gasteiger partial charge in [-0.25, -0.2) is 13.6 Å². The maximum Gasteiger partial charge on any atom is 0.238 e. The van der Waals surface area contributed by atoms with E-state index in [1.807, 2.05) is 19.1 Å². The highest BCUT2D eigenvalue weighted by Gasteiger charge is 2.11. The second-order valence-corrected chi connectivity index (χ2v) is 6.37. The summed E-state index contributed by atoms with van der Waals surface area (Å²) in [6.07, 6.45) is 0. The monoisotopic (exact) mass is 311 g/mol. The summed E-state index contributed by atoms with van der Waals surface area (Å²) in [6.45, 7) is 1.94. The van der Waals surface area contributed by atoms with Crippen LogP contribution in [0.4, 0.5) is 17.1 Å². The number of halogens is 1. The molecule has 0 radical (unpaired) electrons. The van der Waals surface area contributed by atoms with Crippen molar-refractivity contribution in [2.75, 3.05) is 11.1 Å². The Morgan fingerprint density at radius 1 is 1.10 bits per heavy atom. The molecule has 0 aliphatic rings. The van der Waals surface area contributed by atoms with Crippen LogP contribution < -0.4 is 16.2 Å². The largest absolute Gasteiger partial charge is 0.397 e. The Labute approximate surface area is 122 Å². The molecule has 0 saturated carbocycles. The van der Waals surface area contributed by atoms with E-state index in [-0.39, 0.29) is 10.6 Å². The van der Waals surface area contributed by atoms with E-state index in [2.05, 4.69) is 5.32 Å². The smallest absolute Gasteiger partial charge is 0.238 e. The van der Waals surface area contributed by atoms with Crippen molar-refractivity contribution in [3.8, 4) is 0 Å². The number of nitrogen functional groups attached to an aromatic ring is 1. The average Bonchev–Trinajstić information content (AvgIpc) is 2.35. The van der Waals surface area contributed by atoms with E-state index in [0.717, 1.165) is 5.56 Å².